The smallest absolute Gasteiger partial charge is 0.407 e. The zero-order valence-electron chi connectivity index (χ0n) is 13.4. The number of para-hydroxylation sites is 1. The molecule has 5 heteroatoms. The molecule has 1 aromatic rings. The van der Waals surface area contributed by atoms with Crippen LogP contribution >= 0.6 is 0 Å². The molecule has 0 spiro atoms. The molecule has 0 fully saturated rings. The van der Waals surface area contributed by atoms with Gasteiger partial charge in [0.1, 0.15) is 11.4 Å². The van der Waals surface area contributed by atoms with Crippen LogP contribution in [0.25, 0.3) is 0 Å². The van der Waals surface area contributed by atoms with Gasteiger partial charge in [0.25, 0.3) is 0 Å². The third-order valence-electron chi connectivity index (χ3n) is 2.90. The van der Waals surface area contributed by atoms with E-state index in [1.807, 2.05) is 46.8 Å². The van der Waals surface area contributed by atoms with Crippen LogP contribution in [0.2, 0.25) is 0 Å². The highest BCUT2D eigenvalue weighted by Crippen LogP contribution is 2.22. The molecule has 0 aliphatic carbocycles. The summed E-state index contributed by atoms with van der Waals surface area (Å²) in [4.78, 5) is 11.6. The molecule has 0 aliphatic rings. The van der Waals surface area contributed by atoms with Gasteiger partial charge >= 0.3 is 6.09 Å². The third-order valence-corrected chi connectivity index (χ3v) is 2.90. The van der Waals surface area contributed by atoms with Crippen molar-refractivity contribution in [1.82, 2.24) is 10.6 Å². The number of carbonyl (C=O) groups is 1. The van der Waals surface area contributed by atoms with E-state index in [9.17, 15) is 9.90 Å². The maximum atomic E-state index is 11.6. The van der Waals surface area contributed by atoms with Gasteiger partial charge < -0.3 is 20.5 Å². The molecule has 0 saturated heterocycles. The van der Waals surface area contributed by atoms with Gasteiger partial charge in [0.15, 0.2) is 0 Å². The van der Waals surface area contributed by atoms with E-state index in [2.05, 4.69) is 10.6 Å². The number of aromatic hydroxyl groups is 1. The number of hydrogen-bond donors (Lipinski definition) is 3. The van der Waals surface area contributed by atoms with Crippen LogP contribution in [0.1, 0.15) is 46.2 Å². The highest BCUT2D eigenvalue weighted by Gasteiger charge is 2.18. The van der Waals surface area contributed by atoms with Gasteiger partial charge in [-0.1, -0.05) is 18.2 Å². The van der Waals surface area contributed by atoms with Crippen molar-refractivity contribution in [1.29, 1.82) is 0 Å². The number of ether oxygens (including phenoxy) is 1. The highest BCUT2D eigenvalue weighted by atomic mass is 16.6. The number of hydrogen-bond acceptors (Lipinski definition) is 4. The lowest BCUT2D eigenvalue weighted by molar-refractivity contribution is 0.0507. The fraction of sp³-hybridized carbons (Fsp3) is 0.562. The molecule has 21 heavy (non-hydrogen) atoms. The molecule has 0 heterocycles. The largest absolute Gasteiger partial charge is 0.508 e. The molecule has 0 saturated carbocycles. The summed E-state index contributed by atoms with van der Waals surface area (Å²) in [7, 11) is 0. The molecular weight excluding hydrogens is 268 g/mol. The summed E-state index contributed by atoms with van der Waals surface area (Å²) < 4.78 is 5.20. The monoisotopic (exact) mass is 294 g/mol. The number of nitrogens with one attached hydrogen (secondary N) is 2. The van der Waals surface area contributed by atoms with Crippen molar-refractivity contribution in [3.8, 4) is 5.75 Å². The second-order valence-corrected chi connectivity index (χ2v) is 6.24. The molecule has 2 unspecified atom stereocenters. The van der Waals surface area contributed by atoms with Crippen LogP contribution < -0.4 is 10.6 Å². The maximum Gasteiger partial charge on any atom is 0.407 e. The van der Waals surface area contributed by atoms with E-state index in [4.69, 9.17) is 4.74 Å². The molecule has 118 valence electrons. The Kier molecular flexibility index (Phi) is 6.03. The van der Waals surface area contributed by atoms with E-state index >= 15 is 0 Å². The zero-order chi connectivity index (χ0) is 16.0. The molecule has 1 amide bonds. The fourth-order valence-electron chi connectivity index (χ4n) is 1.88. The van der Waals surface area contributed by atoms with E-state index in [0.29, 0.717) is 6.54 Å². The van der Waals surface area contributed by atoms with E-state index < -0.39 is 11.7 Å². The highest BCUT2D eigenvalue weighted by molar-refractivity contribution is 5.68. The Morgan fingerprint density at radius 1 is 1.29 bits per heavy atom. The van der Waals surface area contributed by atoms with Crippen LogP contribution in [0.4, 0.5) is 4.79 Å². The Labute approximate surface area is 126 Å². The lowest BCUT2D eigenvalue weighted by Crippen LogP contribution is -2.43. The van der Waals surface area contributed by atoms with Crippen molar-refractivity contribution < 1.29 is 14.6 Å². The SMILES string of the molecule is CC(CNC(C)c1ccccc1O)NC(=O)OC(C)(C)C. The molecule has 0 radical (unpaired) electrons. The number of benzene rings is 1. The van der Waals surface area contributed by atoms with Crippen molar-refractivity contribution in [3.05, 3.63) is 29.8 Å². The quantitative estimate of drug-likeness (QED) is 0.781. The summed E-state index contributed by atoms with van der Waals surface area (Å²) in [5.41, 5.74) is 0.336. The molecule has 2 atom stereocenters. The molecule has 0 bridgehead atoms. The number of amides is 1. The number of rotatable bonds is 5. The Morgan fingerprint density at radius 3 is 2.48 bits per heavy atom. The number of alkyl carbamates (subject to hydrolysis) is 1. The van der Waals surface area contributed by atoms with E-state index in [1.54, 1.807) is 12.1 Å². The average Bonchev–Trinajstić information content (AvgIpc) is 2.34. The van der Waals surface area contributed by atoms with Crippen LogP contribution in [0.5, 0.6) is 5.75 Å². The van der Waals surface area contributed by atoms with Gasteiger partial charge in [-0.05, 0) is 40.7 Å². The second kappa shape index (κ2) is 7.31. The maximum absolute atomic E-state index is 11.6. The first-order valence-electron chi connectivity index (χ1n) is 7.20. The minimum Gasteiger partial charge on any atom is -0.508 e. The van der Waals surface area contributed by atoms with Crippen LogP contribution in [0.15, 0.2) is 24.3 Å². The lowest BCUT2D eigenvalue weighted by Gasteiger charge is -2.23. The summed E-state index contributed by atoms with van der Waals surface area (Å²) in [6.07, 6.45) is -0.424. The predicted octanol–water partition coefficient (Wildman–Crippen LogP) is 2.96. The predicted molar refractivity (Wildman–Crippen MR) is 83.4 cm³/mol. The Balaban J connectivity index is 2.41. The lowest BCUT2D eigenvalue weighted by atomic mass is 10.1. The first-order valence-corrected chi connectivity index (χ1v) is 7.20. The standard InChI is InChI=1S/C16H26N2O3/c1-11(18-15(20)21-16(3,4)5)10-17-12(2)13-8-6-7-9-14(13)19/h6-9,11-12,17,19H,10H2,1-5H3,(H,18,20). The zero-order valence-corrected chi connectivity index (χ0v) is 13.4. The molecule has 1 rings (SSSR count). The van der Waals surface area contributed by atoms with Crippen molar-refractivity contribution in [2.45, 2.75) is 52.3 Å². The number of carbonyl (C=O) groups excluding carboxylic acids is 1. The van der Waals surface area contributed by atoms with Crippen molar-refractivity contribution in [3.63, 3.8) is 0 Å². The van der Waals surface area contributed by atoms with Gasteiger partial charge in [0.05, 0.1) is 0 Å². The Morgan fingerprint density at radius 2 is 1.90 bits per heavy atom. The topological polar surface area (TPSA) is 70.6 Å². The van der Waals surface area contributed by atoms with E-state index in [0.717, 1.165) is 5.56 Å². The summed E-state index contributed by atoms with van der Waals surface area (Å²) in [5, 5.41) is 15.8. The van der Waals surface area contributed by atoms with Gasteiger partial charge in [-0.2, -0.15) is 0 Å². The normalized spacial score (nSPS) is 14.3. The minimum atomic E-state index is -0.500. The molecule has 0 aliphatic heterocycles. The summed E-state index contributed by atoms with van der Waals surface area (Å²) >= 11 is 0. The van der Waals surface area contributed by atoms with Gasteiger partial charge in [0, 0.05) is 24.2 Å². The molecule has 1 aromatic carbocycles. The molecule has 3 N–H and O–H groups in total. The molecular formula is C16H26N2O3. The van der Waals surface area contributed by atoms with Crippen molar-refractivity contribution >= 4 is 6.09 Å². The van der Waals surface area contributed by atoms with Crippen molar-refractivity contribution in [2.24, 2.45) is 0 Å². The van der Waals surface area contributed by atoms with Crippen LogP contribution in [-0.2, 0) is 4.74 Å². The first-order chi connectivity index (χ1) is 9.69. The van der Waals surface area contributed by atoms with E-state index in [-0.39, 0.29) is 17.8 Å². The third kappa shape index (κ3) is 6.49. The second-order valence-electron chi connectivity index (χ2n) is 6.24. The average molecular weight is 294 g/mol. The Bertz CT molecular complexity index is 469. The van der Waals surface area contributed by atoms with Crippen LogP contribution in [0.3, 0.4) is 0 Å². The molecule has 5 nitrogen and oxygen atoms in total. The number of phenolic OH excluding ortho intramolecular Hbond substituents is 1. The minimum absolute atomic E-state index is 0.00548. The van der Waals surface area contributed by atoms with Crippen LogP contribution in [-0.4, -0.2) is 29.4 Å². The van der Waals surface area contributed by atoms with Gasteiger partial charge in [0.2, 0.25) is 0 Å². The van der Waals surface area contributed by atoms with E-state index in [1.165, 1.54) is 0 Å². The summed E-state index contributed by atoms with van der Waals surface area (Å²) in [6.45, 7) is 9.93. The van der Waals surface area contributed by atoms with Crippen molar-refractivity contribution in [2.75, 3.05) is 6.54 Å². The van der Waals surface area contributed by atoms with Gasteiger partial charge in [-0.15, -0.1) is 0 Å². The summed E-state index contributed by atoms with van der Waals surface area (Å²) in [6, 6.07) is 7.13. The first kappa shape index (κ1) is 17.3. The van der Waals surface area contributed by atoms with Gasteiger partial charge in [-0.3, -0.25) is 0 Å². The van der Waals surface area contributed by atoms with Crippen LogP contribution in [0, 0.1) is 0 Å². The molecule has 0 aromatic heterocycles. The Hall–Kier alpha value is -1.75. The van der Waals surface area contributed by atoms with Gasteiger partial charge in [-0.25, -0.2) is 4.79 Å². The fourth-order valence-corrected chi connectivity index (χ4v) is 1.88. The number of phenols is 1. The summed E-state index contributed by atoms with van der Waals surface area (Å²) in [5.74, 6) is 0.269.